The van der Waals surface area contributed by atoms with E-state index < -0.39 is 0 Å². The van der Waals surface area contributed by atoms with Gasteiger partial charge in [-0.2, -0.15) is 0 Å². The van der Waals surface area contributed by atoms with E-state index in [0.717, 1.165) is 36.8 Å². The number of nitrogens with zero attached hydrogens (tertiary/aromatic N) is 2. The maximum absolute atomic E-state index is 5.35. The summed E-state index contributed by atoms with van der Waals surface area (Å²) in [6.45, 7) is 6.27. The number of rotatable bonds is 3. The minimum Gasteiger partial charge on any atom is -0.497 e. The van der Waals surface area contributed by atoms with Crippen molar-refractivity contribution in [3.8, 4) is 11.4 Å². The largest absolute Gasteiger partial charge is 0.497 e. The van der Waals surface area contributed by atoms with Gasteiger partial charge in [0, 0.05) is 37.2 Å². The molecule has 0 aliphatic carbocycles. The minimum atomic E-state index is 0.395. The summed E-state index contributed by atoms with van der Waals surface area (Å²) in [5.41, 5.74) is 3.66. The maximum atomic E-state index is 5.35. The van der Waals surface area contributed by atoms with Crippen LogP contribution in [0.4, 0.5) is 0 Å². The van der Waals surface area contributed by atoms with Crippen LogP contribution in [0, 0.1) is 0 Å². The molecule has 0 atom stereocenters. The average Bonchev–Trinajstić information content (AvgIpc) is 2.87. The van der Waals surface area contributed by atoms with E-state index in [1.54, 1.807) is 7.11 Å². The van der Waals surface area contributed by atoms with E-state index in [0.29, 0.717) is 5.92 Å². The lowest BCUT2D eigenvalue weighted by molar-refractivity contribution is 0.414. The van der Waals surface area contributed by atoms with E-state index >= 15 is 0 Å². The number of fused-ring (bicyclic) bond motifs is 1. The lowest BCUT2D eigenvalue weighted by atomic mass is 10.1. The fraction of sp³-hybridized carbons (Fsp3) is 0.438. The quantitative estimate of drug-likeness (QED) is 0.933. The first-order valence-corrected chi connectivity index (χ1v) is 7.16. The van der Waals surface area contributed by atoms with Crippen molar-refractivity contribution in [3.05, 3.63) is 41.5 Å². The van der Waals surface area contributed by atoms with Gasteiger partial charge >= 0.3 is 0 Å². The van der Waals surface area contributed by atoms with Crippen molar-refractivity contribution in [2.24, 2.45) is 0 Å². The second kappa shape index (κ2) is 5.29. The van der Waals surface area contributed by atoms with E-state index in [4.69, 9.17) is 9.72 Å². The summed E-state index contributed by atoms with van der Waals surface area (Å²) < 4.78 is 7.66. The zero-order chi connectivity index (χ0) is 14.1. The molecule has 1 aromatic heterocycles. The third-order valence-corrected chi connectivity index (χ3v) is 3.74. The average molecular weight is 271 g/mol. The summed E-state index contributed by atoms with van der Waals surface area (Å²) in [6, 6.07) is 8.21. The van der Waals surface area contributed by atoms with Crippen LogP contribution >= 0.6 is 0 Å². The Bertz CT molecular complexity index is 616. The molecule has 106 valence electrons. The standard InChI is InChI=1S/C16H21N3O/c1-11(2)16-18-14-10-17-8-7-15(14)19(16)12-5-4-6-13(9-12)20-3/h4-6,9,11,17H,7-8,10H2,1-3H3. The first-order valence-electron chi connectivity index (χ1n) is 7.16. The molecule has 1 aliphatic heterocycles. The maximum Gasteiger partial charge on any atom is 0.120 e. The molecule has 0 radical (unpaired) electrons. The highest BCUT2D eigenvalue weighted by Crippen LogP contribution is 2.27. The summed E-state index contributed by atoms with van der Waals surface area (Å²) in [4.78, 5) is 4.84. The van der Waals surface area contributed by atoms with Crippen LogP contribution in [0.15, 0.2) is 24.3 Å². The highest BCUT2D eigenvalue weighted by molar-refractivity contribution is 5.43. The first-order chi connectivity index (χ1) is 9.70. The molecule has 1 aromatic carbocycles. The number of hydrogen-bond donors (Lipinski definition) is 1. The van der Waals surface area contributed by atoms with Crippen molar-refractivity contribution in [1.29, 1.82) is 0 Å². The van der Waals surface area contributed by atoms with Gasteiger partial charge in [0.05, 0.1) is 18.5 Å². The Labute approximate surface area is 119 Å². The fourth-order valence-corrected chi connectivity index (χ4v) is 2.76. The molecule has 0 amide bonds. The zero-order valence-corrected chi connectivity index (χ0v) is 12.3. The number of ether oxygens (including phenoxy) is 1. The Morgan fingerprint density at radius 3 is 2.95 bits per heavy atom. The molecule has 3 rings (SSSR count). The molecule has 0 saturated heterocycles. The van der Waals surface area contributed by atoms with Crippen LogP contribution in [0.2, 0.25) is 0 Å². The molecule has 0 fully saturated rings. The monoisotopic (exact) mass is 271 g/mol. The van der Waals surface area contributed by atoms with Crippen LogP contribution in [-0.2, 0) is 13.0 Å². The lowest BCUT2D eigenvalue weighted by Crippen LogP contribution is -2.24. The second-order valence-corrected chi connectivity index (χ2v) is 5.48. The molecule has 4 heteroatoms. The van der Waals surface area contributed by atoms with Gasteiger partial charge in [-0.25, -0.2) is 4.98 Å². The van der Waals surface area contributed by atoms with Crippen molar-refractivity contribution in [2.75, 3.05) is 13.7 Å². The smallest absolute Gasteiger partial charge is 0.120 e. The third kappa shape index (κ3) is 2.20. The summed E-state index contributed by atoms with van der Waals surface area (Å²) >= 11 is 0. The van der Waals surface area contributed by atoms with Crippen molar-refractivity contribution >= 4 is 0 Å². The van der Waals surface area contributed by atoms with E-state index in [1.807, 2.05) is 12.1 Å². The molecular weight excluding hydrogens is 250 g/mol. The summed E-state index contributed by atoms with van der Waals surface area (Å²) in [5.74, 6) is 2.41. The normalized spacial score (nSPS) is 14.4. The molecule has 0 unspecified atom stereocenters. The number of imidazole rings is 1. The van der Waals surface area contributed by atoms with Gasteiger partial charge < -0.3 is 10.1 Å². The van der Waals surface area contributed by atoms with Crippen molar-refractivity contribution < 1.29 is 4.74 Å². The van der Waals surface area contributed by atoms with Gasteiger partial charge in [0.15, 0.2) is 0 Å². The predicted octanol–water partition coefficient (Wildman–Crippen LogP) is 2.65. The van der Waals surface area contributed by atoms with Crippen LogP contribution in [0.25, 0.3) is 5.69 Å². The number of aromatic nitrogens is 2. The van der Waals surface area contributed by atoms with Crippen LogP contribution in [0.5, 0.6) is 5.75 Å². The summed E-state index contributed by atoms with van der Waals surface area (Å²) in [5, 5.41) is 3.39. The summed E-state index contributed by atoms with van der Waals surface area (Å²) in [7, 11) is 1.70. The molecule has 0 spiro atoms. The molecule has 0 bridgehead atoms. The Kier molecular flexibility index (Phi) is 3.49. The lowest BCUT2D eigenvalue weighted by Gasteiger charge is -2.17. The van der Waals surface area contributed by atoms with E-state index in [-0.39, 0.29) is 0 Å². The van der Waals surface area contributed by atoms with E-state index in [1.165, 1.54) is 11.4 Å². The highest BCUT2D eigenvalue weighted by atomic mass is 16.5. The van der Waals surface area contributed by atoms with E-state index in [9.17, 15) is 0 Å². The fourth-order valence-electron chi connectivity index (χ4n) is 2.76. The molecule has 1 aliphatic rings. The van der Waals surface area contributed by atoms with Gasteiger partial charge in [-0.15, -0.1) is 0 Å². The van der Waals surface area contributed by atoms with Gasteiger partial charge in [0.1, 0.15) is 11.6 Å². The Morgan fingerprint density at radius 2 is 2.20 bits per heavy atom. The van der Waals surface area contributed by atoms with Crippen molar-refractivity contribution in [3.63, 3.8) is 0 Å². The highest BCUT2D eigenvalue weighted by Gasteiger charge is 2.22. The van der Waals surface area contributed by atoms with Crippen LogP contribution in [0.1, 0.15) is 37.0 Å². The molecule has 4 nitrogen and oxygen atoms in total. The summed E-state index contributed by atoms with van der Waals surface area (Å²) in [6.07, 6.45) is 1.02. The Morgan fingerprint density at radius 1 is 1.35 bits per heavy atom. The second-order valence-electron chi connectivity index (χ2n) is 5.48. The molecule has 0 saturated carbocycles. The third-order valence-electron chi connectivity index (χ3n) is 3.74. The van der Waals surface area contributed by atoms with Crippen LogP contribution in [-0.4, -0.2) is 23.2 Å². The topological polar surface area (TPSA) is 39.1 Å². The van der Waals surface area contributed by atoms with Crippen molar-refractivity contribution in [2.45, 2.75) is 32.7 Å². The minimum absolute atomic E-state index is 0.395. The molecule has 20 heavy (non-hydrogen) atoms. The number of methoxy groups -OCH3 is 1. The van der Waals surface area contributed by atoms with Crippen molar-refractivity contribution in [1.82, 2.24) is 14.9 Å². The van der Waals surface area contributed by atoms with Crippen LogP contribution < -0.4 is 10.1 Å². The van der Waals surface area contributed by atoms with Gasteiger partial charge in [0.2, 0.25) is 0 Å². The van der Waals surface area contributed by atoms with Gasteiger partial charge in [0.25, 0.3) is 0 Å². The Hall–Kier alpha value is -1.81. The first kappa shape index (κ1) is 13.2. The van der Waals surface area contributed by atoms with Gasteiger partial charge in [-0.05, 0) is 12.1 Å². The Balaban J connectivity index is 2.17. The molecule has 1 N–H and O–H groups in total. The number of hydrogen-bond acceptors (Lipinski definition) is 3. The predicted molar refractivity (Wildman–Crippen MR) is 79.6 cm³/mol. The van der Waals surface area contributed by atoms with Gasteiger partial charge in [-0.1, -0.05) is 19.9 Å². The van der Waals surface area contributed by atoms with Gasteiger partial charge in [-0.3, -0.25) is 4.57 Å². The number of nitrogens with one attached hydrogen (secondary N) is 1. The molecule has 2 heterocycles. The molecule has 2 aromatic rings. The SMILES string of the molecule is COc1cccc(-n2c(C(C)C)nc3c2CCNC3)c1. The molecular formula is C16H21N3O. The van der Waals surface area contributed by atoms with Crippen LogP contribution in [0.3, 0.4) is 0 Å². The number of benzene rings is 1. The van der Waals surface area contributed by atoms with E-state index in [2.05, 4.69) is 35.9 Å². The zero-order valence-electron chi connectivity index (χ0n) is 12.3.